The molecule has 7 heteroatoms. The molecule has 106 valence electrons. The molecule has 5 nitrogen and oxygen atoms in total. The van der Waals surface area contributed by atoms with Crippen LogP contribution in [0.3, 0.4) is 0 Å². The molecule has 0 atom stereocenters. The van der Waals surface area contributed by atoms with Gasteiger partial charge in [0.2, 0.25) is 15.9 Å². The van der Waals surface area contributed by atoms with E-state index in [4.69, 9.17) is 16.7 Å². The number of carbonyl (C=O) groups is 1. The number of benzene rings is 1. The lowest BCUT2D eigenvalue weighted by Gasteiger charge is -2.09. The molecular formula is C12H17ClN2O3S. The molecule has 0 bridgehead atoms. The molecule has 0 unspecified atom stereocenters. The molecule has 1 amide bonds. The summed E-state index contributed by atoms with van der Waals surface area (Å²) in [6, 6.07) is 3.95. The van der Waals surface area contributed by atoms with Crippen LogP contribution in [0, 0.1) is 5.92 Å². The number of anilines is 1. The van der Waals surface area contributed by atoms with Crippen LogP contribution in [0.1, 0.15) is 26.7 Å². The summed E-state index contributed by atoms with van der Waals surface area (Å²) in [5.41, 5.74) is 0.378. The van der Waals surface area contributed by atoms with Crippen LogP contribution in [0.15, 0.2) is 23.1 Å². The van der Waals surface area contributed by atoms with Crippen molar-refractivity contribution in [2.45, 2.75) is 31.6 Å². The molecule has 0 heterocycles. The van der Waals surface area contributed by atoms with Gasteiger partial charge in [-0.25, -0.2) is 13.6 Å². The Morgan fingerprint density at radius 1 is 1.42 bits per heavy atom. The van der Waals surface area contributed by atoms with Crippen LogP contribution in [0.4, 0.5) is 5.69 Å². The lowest BCUT2D eigenvalue weighted by atomic mass is 10.1. The average Bonchev–Trinajstić information content (AvgIpc) is 2.27. The second-order valence-corrected chi connectivity index (χ2v) is 6.64. The quantitative estimate of drug-likeness (QED) is 0.875. The molecule has 0 fully saturated rings. The Bertz CT molecular complexity index is 570. The Morgan fingerprint density at radius 2 is 2.05 bits per heavy atom. The van der Waals surface area contributed by atoms with Crippen molar-refractivity contribution in [2.75, 3.05) is 5.32 Å². The highest BCUT2D eigenvalue weighted by molar-refractivity contribution is 7.89. The Morgan fingerprint density at radius 3 is 2.53 bits per heavy atom. The molecule has 0 spiro atoms. The minimum atomic E-state index is -3.79. The first kappa shape index (κ1) is 15.9. The summed E-state index contributed by atoms with van der Waals surface area (Å²) < 4.78 is 22.3. The highest BCUT2D eigenvalue weighted by Gasteiger charge is 2.12. The van der Waals surface area contributed by atoms with Gasteiger partial charge in [-0.15, -0.1) is 0 Å². The average molecular weight is 305 g/mol. The second-order valence-electron chi connectivity index (χ2n) is 4.67. The maximum absolute atomic E-state index is 11.6. The largest absolute Gasteiger partial charge is 0.325 e. The van der Waals surface area contributed by atoms with Gasteiger partial charge in [-0.05, 0) is 30.5 Å². The highest BCUT2D eigenvalue weighted by Crippen LogP contribution is 2.25. The fourth-order valence-electron chi connectivity index (χ4n) is 1.41. The van der Waals surface area contributed by atoms with Crippen LogP contribution in [0.25, 0.3) is 0 Å². The maximum Gasteiger partial charge on any atom is 0.238 e. The first-order valence-electron chi connectivity index (χ1n) is 5.82. The van der Waals surface area contributed by atoms with Crippen molar-refractivity contribution in [3.8, 4) is 0 Å². The summed E-state index contributed by atoms with van der Waals surface area (Å²) in [7, 11) is -3.79. The summed E-state index contributed by atoms with van der Waals surface area (Å²) in [6.45, 7) is 4.06. The van der Waals surface area contributed by atoms with Crippen molar-refractivity contribution >= 4 is 33.2 Å². The minimum absolute atomic E-state index is 0.0855. The van der Waals surface area contributed by atoms with Crippen molar-refractivity contribution < 1.29 is 13.2 Å². The van der Waals surface area contributed by atoms with Gasteiger partial charge in [0.15, 0.2) is 0 Å². The van der Waals surface area contributed by atoms with Crippen molar-refractivity contribution in [1.29, 1.82) is 0 Å². The smallest absolute Gasteiger partial charge is 0.238 e. The molecule has 0 aliphatic heterocycles. The molecule has 0 aliphatic rings. The second kappa shape index (κ2) is 6.36. The van der Waals surface area contributed by atoms with Gasteiger partial charge in [0, 0.05) is 6.42 Å². The number of sulfonamides is 1. The SMILES string of the molecule is CC(C)CCC(=O)Nc1ccc(S(N)(=O)=O)cc1Cl. The van der Waals surface area contributed by atoms with E-state index in [1.165, 1.54) is 18.2 Å². The number of primary sulfonamides is 1. The molecule has 1 aromatic rings. The third kappa shape index (κ3) is 5.18. The minimum Gasteiger partial charge on any atom is -0.325 e. The van der Waals surface area contributed by atoms with E-state index in [2.05, 4.69) is 5.32 Å². The van der Waals surface area contributed by atoms with Gasteiger partial charge in [-0.1, -0.05) is 25.4 Å². The van der Waals surface area contributed by atoms with Crippen LogP contribution in [0.2, 0.25) is 5.02 Å². The van der Waals surface area contributed by atoms with E-state index in [0.29, 0.717) is 18.0 Å². The van der Waals surface area contributed by atoms with E-state index in [1.54, 1.807) is 0 Å². The Kier molecular flexibility index (Phi) is 5.34. The zero-order valence-electron chi connectivity index (χ0n) is 10.8. The predicted molar refractivity (Wildman–Crippen MR) is 75.5 cm³/mol. The van der Waals surface area contributed by atoms with Crippen molar-refractivity contribution in [3.05, 3.63) is 23.2 Å². The number of amides is 1. The first-order valence-corrected chi connectivity index (χ1v) is 7.75. The van der Waals surface area contributed by atoms with E-state index in [-0.39, 0.29) is 15.8 Å². The van der Waals surface area contributed by atoms with Crippen molar-refractivity contribution in [1.82, 2.24) is 0 Å². The van der Waals surface area contributed by atoms with E-state index in [0.717, 1.165) is 6.42 Å². The van der Waals surface area contributed by atoms with Crippen LogP contribution < -0.4 is 10.5 Å². The maximum atomic E-state index is 11.6. The molecule has 0 aliphatic carbocycles. The van der Waals surface area contributed by atoms with Gasteiger partial charge in [-0.2, -0.15) is 0 Å². The molecule has 3 N–H and O–H groups in total. The summed E-state index contributed by atoms with van der Waals surface area (Å²) >= 11 is 5.91. The Balaban J connectivity index is 2.78. The third-order valence-electron chi connectivity index (χ3n) is 2.49. The molecule has 19 heavy (non-hydrogen) atoms. The van der Waals surface area contributed by atoms with Crippen molar-refractivity contribution in [3.63, 3.8) is 0 Å². The van der Waals surface area contributed by atoms with Crippen LogP contribution in [0.5, 0.6) is 0 Å². The van der Waals surface area contributed by atoms with Crippen LogP contribution >= 0.6 is 11.6 Å². The number of rotatable bonds is 5. The van der Waals surface area contributed by atoms with E-state index in [1.807, 2.05) is 13.8 Å². The summed E-state index contributed by atoms with van der Waals surface area (Å²) in [4.78, 5) is 11.6. The van der Waals surface area contributed by atoms with Gasteiger partial charge >= 0.3 is 0 Å². The van der Waals surface area contributed by atoms with E-state index < -0.39 is 10.0 Å². The summed E-state index contributed by atoms with van der Waals surface area (Å²) in [5, 5.41) is 7.76. The monoisotopic (exact) mass is 304 g/mol. The molecular weight excluding hydrogens is 288 g/mol. The molecule has 0 aromatic heterocycles. The van der Waals surface area contributed by atoms with E-state index in [9.17, 15) is 13.2 Å². The predicted octanol–water partition coefficient (Wildman–Crippen LogP) is 2.36. The van der Waals surface area contributed by atoms with Gasteiger partial charge in [0.1, 0.15) is 0 Å². The van der Waals surface area contributed by atoms with Gasteiger partial charge in [0.05, 0.1) is 15.6 Å². The molecule has 0 saturated heterocycles. The zero-order valence-corrected chi connectivity index (χ0v) is 12.4. The Labute approximate surface area is 118 Å². The number of carbonyl (C=O) groups excluding carboxylic acids is 1. The fraction of sp³-hybridized carbons (Fsp3) is 0.417. The number of nitrogens with one attached hydrogen (secondary N) is 1. The third-order valence-corrected chi connectivity index (χ3v) is 3.72. The molecule has 0 saturated carbocycles. The molecule has 0 radical (unpaired) electrons. The number of nitrogens with two attached hydrogens (primary N) is 1. The van der Waals surface area contributed by atoms with Crippen molar-refractivity contribution in [2.24, 2.45) is 11.1 Å². The number of hydrogen-bond donors (Lipinski definition) is 2. The number of halogens is 1. The Hall–Kier alpha value is -1.11. The van der Waals surface area contributed by atoms with Crippen LogP contribution in [-0.2, 0) is 14.8 Å². The van der Waals surface area contributed by atoms with Crippen LogP contribution in [-0.4, -0.2) is 14.3 Å². The number of hydrogen-bond acceptors (Lipinski definition) is 3. The molecule has 1 aromatic carbocycles. The summed E-state index contributed by atoms with van der Waals surface area (Å²) in [5.74, 6) is 0.282. The fourth-order valence-corrected chi connectivity index (χ4v) is 2.24. The standard InChI is InChI=1S/C12H17ClN2O3S/c1-8(2)3-6-12(16)15-11-5-4-9(7-10(11)13)19(14,17)18/h4-5,7-8H,3,6H2,1-2H3,(H,15,16)(H2,14,17,18). The van der Waals surface area contributed by atoms with Gasteiger partial charge in [-0.3, -0.25) is 4.79 Å². The van der Waals surface area contributed by atoms with E-state index >= 15 is 0 Å². The topological polar surface area (TPSA) is 89.3 Å². The lowest BCUT2D eigenvalue weighted by Crippen LogP contribution is -2.14. The lowest BCUT2D eigenvalue weighted by molar-refractivity contribution is -0.116. The first-order chi connectivity index (χ1) is 8.70. The van der Waals surface area contributed by atoms with Gasteiger partial charge in [0.25, 0.3) is 0 Å². The normalized spacial score (nSPS) is 11.6. The highest BCUT2D eigenvalue weighted by atomic mass is 35.5. The molecule has 1 rings (SSSR count). The zero-order chi connectivity index (χ0) is 14.6. The summed E-state index contributed by atoms with van der Waals surface area (Å²) in [6.07, 6.45) is 1.17. The van der Waals surface area contributed by atoms with Gasteiger partial charge < -0.3 is 5.32 Å².